The van der Waals surface area contributed by atoms with E-state index in [-0.39, 0.29) is 25.3 Å². The summed E-state index contributed by atoms with van der Waals surface area (Å²) in [5, 5.41) is 13.2. The summed E-state index contributed by atoms with van der Waals surface area (Å²) in [6, 6.07) is 11.2. The molecule has 2 N–H and O–H groups in total. The number of nitrogens with zero attached hydrogens (tertiary/aromatic N) is 1. The van der Waals surface area contributed by atoms with Crippen LogP contribution in [0.2, 0.25) is 5.02 Å². The van der Waals surface area contributed by atoms with Gasteiger partial charge in [0.05, 0.1) is 5.41 Å². The summed E-state index contributed by atoms with van der Waals surface area (Å²) in [7, 11) is 0. The van der Waals surface area contributed by atoms with E-state index in [1.54, 1.807) is 51.1 Å². The Labute approximate surface area is 214 Å². The van der Waals surface area contributed by atoms with Crippen molar-refractivity contribution in [1.82, 2.24) is 10.2 Å². The Bertz CT molecular complexity index is 1190. The molecule has 0 bridgehead atoms. The third-order valence-corrected chi connectivity index (χ3v) is 6.17. The molecule has 192 valence electrons. The van der Waals surface area contributed by atoms with Crippen molar-refractivity contribution in [3.05, 3.63) is 64.6 Å². The van der Waals surface area contributed by atoms with Gasteiger partial charge in [0.2, 0.25) is 5.91 Å². The Balaban J connectivity index is 1.93. The molecule has 2 aromatic rings. The third-order valence-electron chi connectivity index (χ3n) is 5.93. The largest absolute Gasteiger partial charge is 0.481 e. The molecule has 3 rings (SSSR count). The summed E-state index contributed by atoms with van der Waals surface area (Å²) < 4.78 is 19.6. The first-order valence-electron chi connectivity index (χ1n) is 11.5. The minimum atomic E-state index is -1.25. The van der Waals surface area contributed by atoms with Gasteiger partial charge in [0.25, 0.3) is 0 Å². The van der Waals surface area contributed by atoms with E-state index in [0.717, 1.165) is 0 Å². The van der Waals surface area contributed by atoms with Crippen LogP contribution in [0, 0.1) is 11.2 Å². The molecule has 1 saturated heterocycles. The molecule has 0 saturated carbocycles. The number of nitrogens with one attached hydrogen (secondary N) is 1. The van der Waals surface area contributed by atoms with Crippen LogP contribution in [-0.4, -0.2) is 46.7 Å². The number of benzene rings is 2. The number of aliphatic carboxylic acids is 1. The predicted octanol–water partition coefficient (Wildman–Crippen LogP) is 5.73. The fraction of sp³-hybridized carbons (Fsp3) is 0.370. The number of carboxylic acids is 1. The van der Waals surface area contributed by atoms with E-state index in [1.807, 2.05) is 0 Å². The van der Waals surface area contributed by atoms with Gasteiger partial charge in [0.1, 0.15) is 11.4 Å². The maximum atomic E-state index is 14.3. The summed E-state index contributed by atoms with van der Waals surface area (Å²) in [5.41, 5.74) is -0.0424. The number of hydrogen-bond donors (Lipinski definition) is 2. The van der Waals surface area contributed by atoms with Gasteiger partial charge in [0, 0.05) is 42.7 Å². The topological polar surface area (TPSA) is 95.9 Å². The second kappa shape index (κ2) is 10.7. The molecule has 1 heterocycles. The number of carbonyl (C=O) groups is 3. The number of rotatable bonds is 6. The molecular formula is C27H30ClFN2O5. The van der Waals surface area contributed by atoms with Gasteiger partial charge < -0.3 is 14.7 Å². The normalized spacial score (nSPS) is 18.2. The van der Waals surface area contributed by atoms with E-state index >= 15 is 0 Å². The lowest BCUT2D eigenvalue weighted by Gasteiger charge is -2.27. The molecule has 1 atom stereocenters. The average molecular weight is 517 g/mol. The number of halogens is 2. The highest BCUT2D eigenvalue weighted by molar-refractivity contribution is 6.30. The van der Waals surface area contributed by atoms with Crippen molar-refractivity contribution in [3.63, 3.8) is 0 Å². The minimum absolute atomic E-state index is 0.0178. The highest BCUT2D eigenvalue weighted by atomic mass is 35.5. The SMILES string of the molecule is CC(=O)N1CCC(C/C(=C/c2ccc(-c3cc(Cl)ccc3F)cc2)NC(=O)OC(C)(C)C)(C(=O)O)C1. The first-order valence-corrected chi connectivity index (χ1v) is 11.9. The molecular weight excluding hydrogens is 487 g/mol. The number of allylic oxidation sites excluding steroid dienone is 1. The Morgan fingerprint density at radius 3 is 2.42 bits per heavy atom. The number of alkyl carbamates (subject to hydrolysis) is 1. The average Bonchev–Trinajstić information content (AvgIpc) is 3.20. The van der Waals surface area contributed by atoms with E-state index in [9.17, 15) is 23.9 Å². The van der Waals surface area contributed by atoms with E-state index in [0.29, 0.717) is 34.0 Å². The summed E-state index contributed by atoms with van der Waals surface area (Å²) in [6.07, 6.45) is 1.18. The molecule has 9 heteroatoms. The standard InChI is InChI=1S/C27H30ClFN2O5/c1-17(32)31-12-11-27(16-31,24(33)34)15-21(30-25(35)36-26(2,3)4)13-18-5-7-19(8-6-18)22-14-20(28)9-10-23(22)29/h5-10,13-14H,11-12,15-16H2,1-4H3,(H,30,35)(H,33,34)/b21-13-. The Morgan fingerprint density at radius 2 is 1.86 bits per heavy atom. The number of carbonyl (C=O) groups excluding carboxylic acids is 2. The zero-order valence-electron chi connectivity index (χ0n) is 20.7. The number of carboxylic acid groups (broad SMARTS) is 1. The Hall–Kier alpha value is -3.39. The first-order chi connectivity index (χ1) is 16.8. The van der Waals surface area contributed by atoms with Crippen molar-refractivity contribution in [2.24, 2.45) is 5.41 Å². The van der Waals surface area contributed by atoms with Gasteiger partial charge in [-0.1, -0.05) is 35.9 Å². The molecule has 0 spiro atoms. The van der Waals surface area contributed by atoms with Gasteiger partial charge in [-0.05, 0) is 62.6 Å². The Kier molecular flexibility index (Phi) is 8.09. The quantitative estimate of drug-likeness (QED) is 0.511. The van der Waals surface area contributed by atoms with Crippen molar-refractivity contribution < 1.29 is 28.6 Å². The predicted molar refractivity (Wildman–Crippen MR) is 136 cm³/mol. The van der Waals surface area contributed by atoms with E-state index in [1.165, 1.54) is 30.0 Å². The summed E-state index contributed by atoms with van der Waals surface area (Å²) >= 11 is 6.01. The molecule has 1 aliphatic heterocycles. The van der Waals surface area contributed by atoms with Crippen molar-refractivity contribution in [2.45, 2.75) is 46.1 Å². The van der Waals surface area contributed by atoms with Crippen LogP contribution in [0.15, 0.2) is 48.2 Å². The van der Waals surface area contributed by atoms with E-state index in [2.05, 4.69) is 5.32 Å². The molecule has 1 aliphatic rings. The molecule has 0 aliphatic carbocycles. The lowest BCUT2D eigenvalue weighted by Crippen LogP contribution is -2.39. The number of hydrogen-bond acceptors (Lipinski definition) is 4. The third kappa shape index (κ3) is 6.85. The fourth-order valence-electron chi connectivity index (χ4n) is 4.15. The molecule has 0 aromatic heterocycles. The monoisotopic (exact) mass is 516 g/mol. The molecule has 36 heavy (non-hydrogen) atoms. The zero-order chi connectivity index (χ0) is 26.7. The van der Waals surface area contributed by atoms with Crippen molar-refractivity contribution in [1.29, 1.82) is 0 Å². The van der Waals surface area contributed by atoms with Gasteiger partial charge in [-0.15, -0.1) is 0 Å². The molecule has 7 nitrogen and oxygen atoms in total. The first kappa shape index (κ1) is 27.2. The van der Waals surface area contributed by atoms with Crippen LogP contribution in [0.1, 0.15) is 46.1 Å². The lowest BCUT2D eigenvalue weighted by molar-refractivity contribution is -0.148. The molecule has 0 radical (unpaired) electrons. The summed E-state index contributed by atoms with van der Waals surface area (Å²) in [4.78, 5) is 38.2. The minimum Gasteiger partial charge on any atom is -0.481 e. The highest BCUT2D eigenvalue weighted by Crippen LogP contribution is 2.37. The van der Waals surface area contributed by atoms with Crippen molar-refractivity contribution >= 4 is 35.6 Å². The zero-order valence-corrected chi connectivity index (χ0v) is 21.5. The van der Waals surface area contributed by atoms with Gasteiger partial charge in [-0.3, -0.25) is 14.9 Å². The summed E-state index contributed by atoms with van der Waals surface area (Å²) in [6.45, 7) is 6.94. The highest BCUT2D eigenvalue weighted by Gasteiger charge is 2.46. The molecule has 1 fully saturated rings. The molecule has 2 aromatic carbocycles. The Morgan fingerprint density at radius 1 is 1.19 bits per heavy atom. The summed E-state index contributed by atoms with van der Waals surface area (Å²) in [5.74, 6) is -1.66. The van der Waals surface area contributed by atoms with Crippen LogP contribution in [0.4, 0.5) is 9.18 Å². The fourth-order valence-corrected chi connectivity index (χ4v) is 4.32. The van der Waals surface area contributed by atoms with Crippen LogP contribution in [0.25, 0.3) is 17.2 Å². The van der Waals surface area contributed by atoms with Crippen LogP contribution in [0.3, 0.4) is 0 Å². The second-order valence-corrected chi connectivity index (χ2v) is 10.4. The van der Waals surface area contributed by atoms with Crippen LogP contribution in [0.5, 0.6) is 0 Å². The van der Waals surface area contributed by atoms with Gasteiger partial charge in [0.15, 0.2) is 0 Å². The number of amides is 2. The number of ether oxygens (including phenoxy) is 1. The number of likely N-dealkylation sites (tertiary alicyclic amines) is 1. The van der Waals surface area contributed by atoms with Gasteiger partial charge in [-0.25, -0.2) is 9.18 Å². The van der Waals surface area contributed by atoms with Crippen LogP contribution in [-0.2, 0) is 14.3 Å². The van der Waals surface area contributed by atoms with Crippen LogP contribution < -0.4 is 5.32 Å². The van der Waals surface area contributed by atoms with Gasteiger partial charge >= 0.3 is 12.1 Å². The van der Waals surface area contributed by atoms with E-state index in [4.69, 9.17) is 16.3 Å². The maximum Gasteiger partial charge on any atom is 0.411 e. The second-order valence-electron chi connectivity index (χ2n) is 10.00. The van der Waals surface area contributed by atoms with Crippen molar-refractivity contribution in [3.8, 4) is 11.1 Å². The molecule has 1 unspecified atom stereocenters. The van der Waals surface area contributed by atoms with E-state index < -0.39 is 28.9 Å². The lowest BCUT2D eigenvalue weighted by atomic mass is 9.82. The smallest absolute Gasteiger partial charge is 0.411 e. The van der Waals surface area contributed by atoms with Crippen LogP contribution >= 0.6 is 11.6 Å². The van der Waals surface area contributed by atoms with Gasteiger partial charge in [-0.2, -0.15) is 0 Å². The molecule has 2 amide bonds. The maximum absolute atomic E-state index is 14.3. The van der Waals surface area contributed by atoms with Crippen molar-refractivity contribution in [2.75, 3.05) is 13.1 Å².